The lowest BCUT2D eigenvalue weighted by atomic mass is 10.2. The van der Waals surface area contributed by atoms with Gasteiger partial charge < -0.3 is 4.74 Å². The molecule has 0 radical (unpaired) electrons. The molecule has 0 saturated carbocycles. The third-order valence-electron chi connectivity index (χ3n) is 2.77. The molecule has 0 saturated heterocycles. The maximum absolute atomic E-state index is 11.6. The molecule has 0 aliphatic rings. The second kappa shape index (κ2) is 6.65. The number of aromatic nitrogens is 3. The summed E-state index contributed by atoms with van der Waals surface area (Å²) in [6.07, 6.45) is 6.00. The van der Waals surface area contributed by atoms with Gasteiger partial charge in [0.2, 0.25) is 0 Å². The second-order valence-electron chi connectivity index (χ2n) is 4.43. The van der Waals surface area contributed by atoms with Crippen LogP contribution in [0.15, 0.2) is 27.9 Å². The van der Waals surface area contributed by atoms with E-state index in [1.54, 1.807) is 0 Å². The Morgan fingerprint density at radius 1 is 1.38 bits per heavy atom. The molecule has 110 valence electrons. The van der Waals surface area contributed by atoms with Gasteiger partial charge in [-0.15, -0.1) is 0 Å². The van der Waals surface area contributed by atoms with Crippen LogP contribution >= 0.6 is 0 Å². The topological polar surface area (TPSA) is 105 Å². The Morgan fingerprint density at radius 2 is 2.19 bits per heavy atom. The molecule has 2 aromatic heterocycles. The van der Waals surface area contributed by atoms with Crippen LogP contribution in [0, 0.1) is 0 Å². The van der Waals surface area contributed by atoms with E-state index in [9.17, 15) is 14.4 Å². The number of nitrogens with one attached hydrogen (secondary N) is 2. The van der Waals surface area contributed by atoms with Gasteiger partial charge in [-0.25, -0.2) is 14.6 Å². The molecule has 2 aromatic rings. The van der Waals surface area contributed by atoms with Crippen LogP contribution in [0.25, 0.3) is 17.1 Å². The number of aromatic amines is 2. The number of rotatable bonds is 5. The van der Waals surface area contributed by atoms with Crippen molar-refractivity contribution in [1.29, 1.82) is 0 Å². The van der Waals surface area contributed by atoms with E-state index >= 15 is 0 Å². The monoisotopic (exact) mass is 289 g/mol. The summed E-state index contributed by atoms with van der Waals surface area (Å²) in [6.45, 7) is 2.39. The molecule has 0 unspecified atom stereocenters. The van der Waals surface area contributed by atoms with Crippen molar-refractivity contribution in [2.24, 2.45) is 0 Å². The molecule has 0 amide bonds. The number of carbonyl (C=O) groups is 1. The zero-order chi connectivity index (χ0) is 15.2. The number of H-pyrrole nitrogens is 2. The van der Waals surface area contributed by atoms with Crippen molar-refractivity contribution in [2.75, 3.05) is 6.61 Å². The summed E-state index contributed by atoms with van der Waals surface area (Å²) in [5.74, 6) is -0.445. The van der Waals surface area contributed by atoms with E-state index < -0.39 is 17.2 Å². The van der Waals surface area contributed by atoms with Gasteiger partial charge >= 0.3 is 11.7 Å². The first kappa shape index (κ1) is 14.7. The predicted molar refractivity (Wildman–Crippen MR) is 77.9 cm³/mol. The molecule has 7 heteroatoms. The van der Waals surface area contributed by atoms with Crippen LogP contribution in [0.4, 0.5) is 0 Å². The largest absolute Gasteiger partial charge is 0.463 e. The van der Waals surface area contributed by atoms with Gasteiger partial charge in [0.25, 0.3) is 5.56 Å². The number of unbranched alkanes of at least 4 members (excludes halogenated alkanes) is 1. The van der Waals surface area contributed by atoms with Crippen molar-refractivity contribution in [2.45, 2.75) is 19.8 Å². The second-order valence-corrected chi connectivity index (χ2v) is 4.43. The van der Waals surface area contributed by atoms with Gasteiger partial charge in [0, 0.05) is 12.3 Å². The molecule has 0 aliphatic heterocycles. The Labute approximate surface area is 119 Å². The van der Waals surface area contributed by atoms with Gasteiger partial charge in [0.15, 0.2) is 0 Å². The Morgan fingerprint density at radius 3 is 2.95 bits per heavy atom. The summed E-state index contributed by atoms with van der Waals surface area (Å²) in [7, 11) is 0. The summed E-state index contributed by atoms with van der Waals surface area (Å²) < 4.78 is 4.97. The first-order valence-corrected chi connectivity index (χ1v) is 6.57. The van der Waals surface area contributed by atoms with Crippen molar-refractivity contribution < 1.29 is 9.53 Å². The van der Waals surface area contributed by atoms with Gasteiger partial charge in [-0.05, 0) is 24.1 Å². The maximum Gasteiger partial charge on any atom is 0.330 e. The molecule has 0 aromatic carbocycles. The van der Waals surface area contributed by atoms with Crippen molar-refractivity contribution in [3.63, 3.8) is 0 Å². The molecule has 0 spiro atoms. The fraction of sp³-hybridized carbons (Fsp3) is 0.286. The molecule has 0 bridgehead atoms. The van der Waals surface area contributed by atoms with Gasteiger partial charge in [0.1, 0.15) is 5.65 Å². The molecule has 2 rings (SSSR count). The molecule has 2 heterocycles. The summed E-state index contributed by atoms with van der Waals surface area (Å²) in [5, 5.41) is 0.246. The van der Waals surface area contributed by atoms with Crippen LogP contribution in [0.3, 0.4) is 0 Å². The van der Waals surface area contributed by atoms with Crippen LogP contribution in [0.1, 0.15) is 25.3 Å². The minimum absolute atomic E-state index is 0.200. The Kier molecular flexibility index (Phi) is 4.65. The van der Waals surface area contributed by atoms with E-state index in [1.165, 1.54) is 24.4 Å². The third kappa shape index (κ3) is 3.88. The first-order valence-electron chi connectivity index (χ1n) is 6.57. The minimum Gasteiger partial charge on any atom is -0.463 e. The highest BCUT2D eigenvalue weighted by atomic mass is 16.5. The number of ether oxygens (including phenoxy) is 1. The van der Waals surface area contributed by atoms with E-state index in [2.05, 4.69) is 15.0 Å². The van der Waals surface area contributed by atoms with E-state index in [1.807, 2.05) is 6.92 Å². The molecule has 0 fully saturated rings. The van der Waals surface area contributed by atoms with Gasteiger partial charge in [-0.1, -0.05) is 13.3 Å². The molecule has 0 atom stereocenters. The quantitative estimate of drug-likeness (QED) is 0.484. The molecule has 7 nitrogen and oxygen atoms in total. The van der Waals surface area contributed by atoms with Gasteiger partial charge in [-0.3, -0.25) is 14.8 Å². The zero-order valence-electron chi connectivity index (χ0n) is 11.5. The normalized spacial score (nSPS) is 11.1. The highest BCUT2D eigenvalue weighted by Crippen LogP contribution is 2.07. The summed E-state index contributed by atoms with van der Waals surface area (Å²) >= 11 is 0. The fourth-order valence-electron chi connectivity index (χ4n) is 1.68. The van der Waals surface area contributed by atoms with Gasteiger partial charge in [-0.2, -0.15) is 0 Å². The Hall–Kier alpha value is -2.70. The number of hydrogen-bond donors (Lipinski definition) is 2. The molecule has 2 N–H and O–H groups in total. The smallest absolute Gasteiger partial charge is 0.330 e. The summed E-state index contributed by atoms with van der Waals surface area (Å²) in [4.78, 5) is 42.7. The highest BCUT2D eigenvalue weighted by Gasteiger charge is 2.03. The SMILES string of the molecule is CCCCOC(=O)/C=C/c1cnc2[nH]c(=O)[nH]c(=O)c2c1. The number of carbonyl (C=O) groups excluding carboxylic acids is 1. The van der Waals surface area contributed by atoms with Crippen LogP contribution in [0.2, 0.25) is 0 Å². The van der Waals surface area contributed by atoms with Crippen LogP contribution < -0.4 is 11.2 Å². The fourth-order valence-corrected chi connectivity index (χ4v) is 1.68. The highest BCUT2D eigenvalue weighted by molar-refractivity contribution is 5.87. The summed E-state index contributed by atoms with van der Waals surface area (Å²) in [5.41, 5.74) is -0.372. The van der Waals surface area contributed by atoms with Crippen LogP contribution in [0.5, 0.6) is 0 Å². The molecular weight excluding hydrogens is 274 g/mol. The average molecular weight is 289 g/mol. The summed E-state index contributed by atoms with van der Waals surface area (Å²) in [6, 6.07) is 1.53. The lowest BCUT2D eigenvalue weighted by Gasteiger charge is -2.00. The van der Waals surface area contributed by atoms with Crippen LogP contribution in [-0.2, 0) is 9.53 Å². The predicted octanol–water partition coefficient (Wildman–Crippen LogP) is 0.968. The average Bonchev–Trinajstić information content (AvgIpc) is 2.45. The van der Waals surface area contributed by atoms with E-state index in [-0.39, 0.29) is 11.0 Å². The molecule has 21 heavy (non-hydrogen) atoms. The zero-order valence-corrected chi connectivity index (χ0v) is 11.5. The maximum atomic E-state index is 11.6. The lowest BCUT2D eigenvalue weighted by molar-refractivity contribution is -0.137. The molecular formula is C14H15N3O4. The van der Waals surface area contributed by atoms with E-state index in [0.29, 0.717) is 12.2 Å². The number of esters is 1. The number of fused-ring (bicyclic) bond motifs is 1. The van der Waals surface area contributed by atoms with Gasteiger partial charge in [0.05, 0.1) is 12.0 Å². The number of pyridine rings is 1. The van der Waals surface area contributed by atoms with Crippen molar-refractivity contribution in [3.8, 4) is 0 Å². The standard InChI is InChI=1S/C14H15N3O4/c1-2-3-6-21-11(18)5-4-9-7-10-12(15-8-9)16-14(20)17-13(10)19/h4-5,7-8H,2-3,6H2,1H3,(H2,15,16,17,19,20)/b5-4+. The van der Waals surface area contributed by atoms with Crippen molar-refractivity contribution in [1.82, 2.24) is 15.0 Å². The van der Waals surface area contributed by atoms with Crippen LogP contribution in [-0.4, -0.2) is 27.5 Å². The number of nitrogens with zero attached hydrogens (tertiary/aromatic N) is 1. The number of hydrogen-bond acceptors (Lipinski definition) is 5. The Balaban J connectivity index is 2.18. The lowest BCUT2D eigenvalue weighted by Crippen LogP contribution is -2.22. The first-order chi connectivity index (χ1) is 10.1. The minimum atomic E-state index is -0.609. The van der Waals surface area contributed by atoms with E-state index in [4.69, 9.17) is 4.74 Å². The third-order valence-corrected chi connectivity index (χ3v) is 2.77. The van der Waals surface area contributed by atoms with Crippen molar-refractivity contribution >= 4 is 23.1 Å². The van der Waals surface area contributed by atoms with E-state index in [0.717, 1.165) is 12.8 Å². The van der Waals surface area contributed by atoms with Crippen molar-refractivity contribution in [3.05, 3.63) is 44.7 Å². The molecule has 0 aliphatic carbocycles. The Bertz CT molecular complexity index is 789.